The highest BCUT2D eigenvalue weighted by Gasteiger charge is 2.38. The summed E-state index contributed by atoms with van der Waals surface area (Å²) in [6.07, 6.45) is 0.758. The topological polar surface area (TPSA) is 83.9 Å². The molecular formula is C16H27NO5. The Kier molecular flexibility index (Phi) is 5.97. The summed E-state index contributed by atoms with van der Waals surface area (Å²) in [7, 11) is 0. The summed E-state index contributed by atoms with van der Waals surface area (Å²) < 4.78 is 5.32. The van der Waals surface area contributed by atoms with Crippen molar-refractivity contribution < 1.29 is 24.2 Å². The predicted molar refractivity (Wildman–Crippen MR) is 81.5 cm³/mol. The number of carbonyl (C=O) groups is 3. The first kappa shape index (κ1) is 18.5. The Hall–Kier alpha value is -1.59. The van der Waals surface area contributed by atoms with Crippen LogP contribution in [0.15, 0.2) is 0 Å². The van der Waals surface area contributed by atoms with Gasteiger partial charge in [-0.15, -0.1) is 0 Å². The van der Waals surface area contributed by atoms with E-state index in [2.05, 4.69) is 0 Å². The second kappa shape index (κ2) is 7.11. The zero-order valence-electron chi connectivity index (χ0n) is 14.1. The number of ketones is 1. The smallest absolute Gasteiger partial charge is 0.410 e. The maximum Gasteiger partial charge on any atom is 0.410 e. The number of likely N-dealkylation sites (tertiary alicyclic amines) is 1. The summed E-state index contributed by atoms with van der Waals surface area (Å²) in [5.41, 5.74) is -0.616. The number of hydrogen-bond donors (Lipinski definition) is 1. The molecule has 1 aliphatic rings. The molecule has 22 heavy (non-hydrogen) atoms. The summed E-state index contributed by atoms with van der Waals surface area (Å²) in [6, 6.07) is -0.560. The van der Waals surface area contributed by atoms with Crippen molar-refractivity contribution in [1.29, 1.82) is 0 Å². The molecule has 1 N–H and O–H groups in total. The van der Waals surface area contributed by atoms with Crippen LogP contribution in [0.2, 0.25) is 0 Å². The van der Waals surface area contributed by atoms with Crippen LogP contribution in [0.4, 0.5) is 4.79 Å². The van der Waals surface area contributed by atoms with E-state index in [9.17, 15) is 19.5 Å². The third-order valence-electron chi connectivity index (χ3n) is 3.80. The third-order valence-corrected chi connectivity index (χ3v) is 3.80. The number of carboxylic acids is 1. The third kappa shape index (κ3) is 5.00. The van der Waals surface area contributed by atoms with Crippen molar-refractivity contribution in [1.82, 2.24) is 4.90 Å². The van der Waals surface area contributed by atoms with Crippen LogP contribution in [0.3, 0.4) is 0 Å². The minimum atomic E-state index is -0.967. The van der Waals surface area contributed by atoms with Gasteiger partial charge in [0.05, 0.1) is 12.0 Å². The first-order valence-corrected chi connectivity index (χ1v) is 7.78. The van der Waals surface area contributed by atoms with Gasteiger partial charge < -0.3 is 9.84 Å². The van der Waals surface area contributed by atoms with Crippen molar-refractivity contribution in [3.8, 4) is 0 Å². The van der Waals surface area contributed by atoms with E-state index in [0.717, 1.165) is 6.42 Å². The van der Waals surface area contributed by atoms with E-state index < -0.39 is 29.6 Å². The van der Waals surface area contributed by atoms with Crippen molar-refractivity contribution in [2.45, 2.75) is 65.5 Å². The normalized spacial score (nSPS) is 20.1. The summed E-state index contributed by atoms with van der Waals surface area (Å²) >= 11 is 0. The van der Waals surface area contributed by atoms with Crippen LogP contribution in [0, 0.1) is 11.8 Å². The van der Waals surface area contributed by atoms with Crippen LogP contribution < -0.4 is 0 Å². The highest BCUT2D eigenvalue weighted by molar-refractivity contribution is 5.90. The monoisotopic (exact) mass is 313 g/mol. The van der Waals surface area contributed by atoms with E-state index in [4.69, 9.17) is 4.74 Å². The average molecular weight is 313 g/mol. The first-order chi connectivity index (χ1) is 10.0. The molecule has 0 saturated carbocycles. The standard InChI is InChI=1S/C16H27NO5/c1-10(2)11(14(19)20)9-13(18)12-7-6-8-17(12)15(21)22-16(3,4)5/h10-12H,6-9H2,1-5H3,(H,19,20)/t11-,12+/m0/s1. The van der Waals surface area contributed by atoms with Gasteiger partial charge in [-0.3, -0.25) is 14.5 Å². The number of carboxylic acid groups (broad SMARTS) is 1. The van der Waals surface area contributed by atoms with Crippen LogP contribution in [0.25, 0.3) is 0 Å². The number of rotatable bonds is 5. The second-order valence-corrected chi connectivity index (χ2v) is 7.19. The van der Waals surface area contributed by atoms with Gasteiger partial charge in [-0.1, -0.05) is 13.8 Å². The molecule has 1 fully saturated rings. The fraction of sp³-hybridized carbons (Fsp3) is 0.812. The Labute approximate surface area is 131 Å². The number of ether oxygens (including phenoxy) is 1. The van der Waals surface area contributed by atoms with E-state index in [0.29, 0.717) is 13.0 Å². The minimum Gasteiger partial charge on any atom is -0.481 e. The molecule has 0 radical (unpaired) electrons. The van der Waals surface area contributed by atoms with Gasteiger partial charge in [-0.25, -0.2) is 4.79 Å². The van der Waals surface area contributed by atoms with Gasteiger partial charge in [0.2, 0.25) is 0 Å². The van der Waals surface area contributed by atoms with Crippen molar-refractivity contribution >= 4 is 17.8 Å². The number of carbonyl (C=O) groups excluding carboxylic acids is 2. The lowest BCUT2D eigenvalue weighted by Gasteiger charge is -2.28. The van der Waals surface area contributed by atoms with Crippen LogP contribution in [-0.4, -0.2) is 46.0 Å². The van der Waals surface area contributed by atoms with Crippen LogP contribution in [0.5, 0.6) is 0 Å². The fourth-order valence-corrected chi connectivity index (χ4v) is 2.60. The van der Waals surface area contributed by atoms with Gasteiger partial charge in [0.25, 0.3) is 0 Å². The molecule has 0 aromatic rings. The summed E-state index contributed by atoms with van der Waals surface area (Å²) in [6.45, 7) is 9.37. The summed E-state index contributed by atoms with van der Waals surface area (Å²) in [5, 5.41) is 9.21. The lowest BCUT2D eigenvalue weighted by molar-refractivity contribution is -0.145. The van der Waals surface area contributed by atoms with Gasteiger partial charge in [0.1, 0.15) is 5.60 Å². The quantitative estimate of drug-likeness (QED) is 0.843. The molecule has 1 rings (SSSR count). The second-order valence-electron chi connectivity index (χ2n) is 7.19. The number of hydrogen-bond acceptors (Lipinski definition) is 4. The van der Waals surface area contributed by atoms with Crippen molar-refractivity contribution in [3.05, 3.63) is 0 Å². The van der Waals surface area contributed by atoms with Gasteiger partial charge >= 0.3 is 12.1 Å². The van der Waals surface area contributed by atoms with E-state index in [1.54, 1.807) is 34.6 Å². The Balaban J connectivity index is 2.75. The lowest BCUT2D eigenvalue weighted by atomic mass is 9.88. The zero-order chi connectivity index (χ0) is 17.1. The Morgan fingerprint density at radius 2 is 1.86 bits per heavy atom. The van der Waals surface area contributed by atoms with Crippen molar-refractivity contribution in [2.24, 2.45) is 11.8 Å². The number of Topliss-reactive ketones (excluding diaryl/α,β-unsaturated/α-hetero) is 1. The van der Waals surface area contributed by atoms with Gasteiger partial charge in [0.15, 0.2) is 5.78 Å². The van der Waals surface area contributed by atoms with Gasteiger partial charge in [-0.2, -0.15) is 0 Å². The molecular weight excluding hydrogens is 286 g/mol. The highest BCUT2D eigenvalue weighted by Crippen LogP contribution is 2.25. The van der Waals surface area contributed by atoms with Crippen LogP contribution in [-0.2, 0) is 14.3 Å². The van der Waals surface area contributed by atoms with E-state index in [1.165, 1.54) is 4.90 Å². The molecule has 2 atom stereocenters. The largest absolute Gasteiger partial charge is 0.481 e. The SMILES string of the molecule is CC(C)[C@H](CC(=O)[C@H]1CCCN1C(=O)OC(C)(C)C)C(=O)O. The maximum absolute atomic E-state index is 12.4. The molecule has 1 heterocycles. The first-order valence-electron chi connectivity index (χ1n) is 7.78. The molecule has 0 aromatic carbocycles. The zero-order valence-corrected chi connectivity index (χ0v) is 14.1. The Morgan fingerprint density at radius 1 is 1.27 bits per heavy atom. The fourth-order valence-electron chi connectivity index (χ4n) is 2.60. The van der Waals surface area contributed by atoms with Crippen LogP contribution in [0.1, 0.15) is 53.9 Å². The molecule has 1 saturated heterocycles. The van der Waals surface area contributed by atoms with E-state index >= 15 is 0 Å². The van der Waals surface area contributed by atoms with Crippen molar-refractivity contribution in [2.75, 3.05) is 6.54 Å². The molecule has 0 bridgehead atoms. The van der Waals surface area contributed by atoms with E-state index in [1.807, 2.05) is 0 Å². The Morgan fingerprint density at radius 3 is 2.32 bits per heavy atom. The molecule has 0 aromatic heterocycles. The predicted octanol–water partition coefficient (Wildman–Crippen LogP) is 2.70. The summed E-state index contributed by atoms with van der Waals surface area (Å²) in [4.78, 5) is 37.3. The average Bonchev–Trinajstić information content (AvgIpc) is 2.81. The molecule has 6 heteroatoms. The lowest BCUT2D eigenvalue weighted by Crippen LogP contribution is -2.44. The van der Waals surface area contributed by atoms with Gasteiger partial charge in [0, 0.05) is 13.0 Å². The summed E-state index contributed by atoms with van der Waals surface area (Å²) in [5.74, 6) is -2.00. The number of amides is 1. The minimum absolute atomic E-state index is 0.0447. The molecule has 6 nitrogen and oxygen atoms in total. The van der Waals surface area contributed by atoms with Crippen LogP contribution >= 0.6 is 0 Å². The molecule has 0 unspecified atom stereocenters. The molecule has 0 spiro atoms. The number of nitrogens with zero attached hydrogens (tertiary/aromatic N) is 1. The molecule has 0 aliphatic carbocycles. The van der Waals surface area contributed by atoms with Gasteiger partial charge in [-0.05, 0) is 39.5 Å². The Bertz CT molecular complexity index is 438. The molecule has 1 amide bonds. The highest BCUT2D eigenvalue weighted by atomic mass is 16.6. The maximum atomic E-state index is 12.4. The number of aliphatic carboxylic acids is 1. The van der Waals surface area contributed by atoms with Crippen molar-refractivity contribution in [3.63, 3.8) is 0 Å². The van der Waals surface area contributed by atoms with E-state index in [-0.39, 0.29) is 18.1 Å². The molecule has 1 aliphatic heterocycles. The molecule has 126 valence electrons.